The molecule has 0 saturated heterocycles. The number of benzene rings is 2. The van der Waals surface area contributed by atoms with Crippen LogP contribution in [-0.2, 0) is 46.7 Å². The first-order chi connectivity index (χ1) is 23.1. The van der Waals surface area contributed by atoms with Crippen LogP contribution in [0.4, 0.5) is 0 Å². The van der Waals surface area contributed by atoms with Gasteiger partial charge in [0.1, 0.15) is 45.9 Å². The number of hydrogen-bond donors (Lipinski definition) is 5. The fourth-order valence-electron chi connectivity index (χ4n) is 5.56. The Morgan fingerprint density at radius 3 is 2.22 bits per heavy atom. The van der Waals surface area contributed by atoms with Crippen LogP contribution in [0.15, 0.2) is 54.6 Å². The van der Waals surface area contributed by atoms with Gasteiger partial charge in [0.2, 0.25) is 29.5 Å². The minimum atomic E-state index is -3.41. The van der Waals surface area contributed by atoms with Gasteiger partial charge in [-0.3, -0.25) is 24.0 Å². The molecule has 49 heavy (non-hydrogen) atoms. The monoisotopic (exact) mass is 697 g/mol. The second kappa shape index (κ2) is 16.3. The third-order valence-electron chi connectivity index (χ3n) is 8.47. The van der Waals surface area contributed by atoms with E-state index in [0.717, 1.165) is 11.8 Å². The van der Waals surface area contributed by atoms with Crippen molar-refractivity contribution >= 4 is 39.4 Å². The van der Waals surface area contributed by atoms with Crippen LogP contribution in [0.2, 0.25) is 0 Å². The molecule has 5 N–H and O–H groups in total. The lowest BCUT2D eigenvalue weighted by atomic mass is 10.0. The van der Waals surface area contributed by atoms with Crippen molar-refractivity contribution < 1.29 is 37.1 Å². The number of carbonyl (C=O) groups is 5. The number of fused-ring (bicyclic) bond motifs is 15. The Kier molecular flexibility index (Phi) is 12.4. The fraction of sp³-hybridized carbons (Fsp3) is 0.514. The van der Waals surface area contributed by atoms with Crippen molar-refractivity contribution in [3.05, 3.63) is 65.7 Å². The first-order valence-corrected chi connectivity index (χ1v) is 18.6. The predicted octanol–water partition coefficient (Wildman–Crippen LogP) is 0.953. The number of ether oxygens (including phenoxy) is 1. The van der Waals surface area contributed by atoms with Crippen LogP contribution in [0.1, 0.15) is 57.6 Å². The molecule has 13 nitrogen and oxygen atoms in total. The maximum atomic E-state index is 13.8. The molecular weight excluding hydrogens is 650 g/mol. The summed E-state index contributed by atoms with van der Waals surface area (Å²) in [7, 11) is -3.41. The Morgan fingerprint density at radius 2 is 1.61 bits per heavy atom. The van der Waals surface area contributed by atoms with Crippen LogP contribution >= 0.6 is 0 Å². The van der Waals surface area contributed by atoms with Gasteiger partial charge in [-0.25, -0.2) is 8.42 Å². The third-order valence-corrected chi connectivity index (χ3v) is 9.42. The summed E-state index contributed by atoms with van der Waals surface area (Å²) < 4.78 is 29.3. The molecule has 5 amide bonds. The number of hydrogen-bond acceptors (Lipinski definition) is 8. The lowest BCUT2D eigenvalue weighted by Crippen LogP contribution is -2.59. The van der Waals surface area contributed by atoms with E-state index < -0.39 is 57.1 Å². The van der Waals surface area contributed by atoms with Gasteiger partial charge in [-0.2, -0.15) is 0 Å². The van der Waals surface area contributed by atoms with Gasteiger partial charge in [-0.1, -0.05) is 56.3 Å². The summed E-state index contributed by atoms with van der Waals surface area (Å²) in [6.45, 7) is 5.69. The maximum absolute atomic E-state index is 13.8. The Labute approximate surface area is 287 Å². The molecule has 2 heterocycles. The summed E-state index contributed by atoms with van der Waals surface area (Å²) in [6, 6.07) is 12.7. The zero-order valence-corrected chi connectivity index (χ0v) is 29.2. The molecule has 266 valence electrons. The standard InChI is InChI=1S/C35H47N5O8S/c1-22(2)18-26-21-48-27-12-10-25(11-13-27)20-28(38-30(41)14-17-49(4,46)47)32(43)36-23(3)31(42)40-35(15-16-35)34(45)39-29(33(44)37-26)19-24-8-6-5-7-9-24/h5-13,22-23,26,28-29H,14-21H2,1-4H3,(H,36,43)(H,37,44)(H,38,41)(H,39,45)(H,40,42)/t23-,26+,28+,29-/m1/s1. The molecule has 1 aliphatic carbocycles. The van der Waals surface area contributed by atoms with Crippen LogP contribution in [0.25, 0.3) is 0 Å². The zero-order valence-electron chi connectivity index (χ0n) is 28.4. The zero-order chi connectivity index (χ0) is 35.8. The molecule has 2 bridgehead atoms. The van der Waals surface area contributed by atoms with Crippen LogP contribution in [0.3, 0.4) is 0 Å². The summed E-state index contributed by atoms with van der Waals surface area (Å²) in [5.41, 5.74) is 0.275. The average molecular weight is 698 g/mol. The number of sulfone groups is 1. The van der Waals surface area contributed by atoms with Crippen molar-refractivity contribution in [2.45, 2.75) is 89.0 Å². The van der Waals surface area contributed by atoms with E-state index in [4.69, 9.17) is 4.74 Å². The Hall–Kier alpha value is -4.46. The van der Waals surface area contributed by atoms with E-state index in [1.165, 1.54) is 6.92 Å². The summed E-state index contributed by atoms with van der Waals surface area (Å²) in [5, 5.41) is 13.9. The first kappa shape index (κ1) is 37.4. The molecule has 2 aromatic carbocycles. The minimum Gasteiger partial charge on any atom is -0.491 e. The van der Waals surface area contributed by atoms with Gasteiger partial charge in [-0.15, -0.1) is 0 Å². The maximum Gasteiger partial charge on any atom is 0.246 e. The van der Waals surface area contributed by atoms with Crippen molar-refractivity contribution in [3.8, 4) is 5.75 Å². The van der Waals surface area contributed by atoms with Crippen LogP contribution in [0.5, 0.6) is 5.75 Å². The van der Waals surface area contributed by atoms with E-state index in [0.29, 0.717) is 30.6 Å². The molecule has 3 aliphatic rings. The van der Waals surface area contributed by atoms with Crippen molar-refractivity contribution in [2.24, 2.45) is 5.92 Å². The lowest BCUT2D eigenvalue weighted by Gasteiger charge is -2.27. The highest BCUT2D eigenvalue weighted by molar-refractivity contribution is 7.90. The largest absolute Gasteiger partial charge is 0.491 e. The van der Waals surface area contributed by atoms with Gasteiger partial charge in [0.05, 0.1) is 11.8 Å². The third kappa shape index (κ3) is 11.6. The summed E-state index contributed by atoms with van der Waals surface area (Å²) in [5.74, 6) is -2.40. The quantitative estimate of drug-likeness (QED) is 0.252. The number of amides is 5. The molecule has 5 rings (SSSR count). The summed E-state index contributed by atoms with van der Waals surface area (Å²) >= 11 is 0. The van der Waals surface area contributed by atoms with Crippen LogP contribution < -0.4 is 31.3 Å². The van der Waals surface area contributed by atoms with Gasteiger partial charge in [0, 0.05) is 25.5 Å². The van der Waals surface area contributed by atoms with Gasteiger partial charge in [0.25, 0.3) is 0 Å². The molecule has 0 unspecified atom stereocenters. The number of carbonyl (C=O) groups excluding carboxylic acids is 5. The smallest absolute Gasteiger partial charge is 0.246 e. The van der Waals surface area contributed by atoms with Crippen LogP contribution in [0, 0.1) is 5.92 Å². The second-order valence-electron chi connectivity index (χ2n) is 13.5. The Balaban J connectivity index is 1.62. The van der Waals surface area contributed by atoms with Gasteiger partial charge in [-0.05, 0) is 55.4 Å². The molecule has 2 aliphatic heterocycles. The van der Waals surface area contributed by atoms with E-state index in [2.05, 4.69) is 26.6 Å². The molecule has 1 spiro atoms. The van der Waals surface area contributed by atoms with Crippen molar-refractivity contribution in [3.63, 3.8) is 0 Å². The van der Waals surface area contributed by atoms with E-state index in [1.54, 1.807) is 24.3 Å². The molecule has 0 radical (unpaired) electrons. The van der Waals surface area contributed by atoms with E-state index >= 15 is 0 Å². The second-order valence-corrected chi connectivity index (χ2v) is 15.8. The number of nitrogens with one attached hydrogen (secondary N) is 5. The lowest BCUT2D eigenvalue weighted by molar-refractivity contribution is -0.135. The molecule has 0 aromatic heterocycles. The van der Waals surface area contributed by atoms with Crippen molar-refractivity contribution in [1.82, 2.24) is 26.6 Å². The SMILES string of the molecule is CC(C)C[C@H]1COc2ccc(cc2)C[C@H](NC(=O)CCS(C)(=O)=O)C(=O)N[C@H](C)C(=O)NC2(CC2)C(=O)N[C@H](Cc2ccccc2)C(=O)N1. The molecule has 1 saturated carbocycles. The minimum absolute atomic E-state index is 0.0479. The Bertz CT molecular complexity index is 1610. The highest BCUT2D eigenvalue weighted by Gasteiger charge is 2.52. The van der Waals surface area contributed by atoms with Crippen LogP contribution in [-0.4, -0.2) is 86.3 Å². The topological polar surface area (TPSA) is 189 Å². The van der Waals surface area contributed by atoms with Crippen molar-refractivity contribution in [1.29, 1.82) is 0 Å². The molecule has 2 aromatic rings. The first-order valence-electron chi connectivity index (χ1n) is 16.6. The molecular formula is C35H47N5O8S. The average Bonchev–Trinajstić information content (AvgIpc) is 3.82. The molecule has 14 heteroatoms. The van der Waals surface area contributed by atoms with E-state index in [-0.39, 0.29) is 49.5 Å². The number of rotatable bonds is 8. The van der Waals surface area contributed by atoms with E-state index in [1.807, 2.05) is 44.2 Å². The van der Waals surface area contributed by atoms with E-state index in [9.17, 15) is 32.4 Å². The van der Waals surface area contributed by atoms with Crippen molar-refractivity contribution in [2.75, 3.05) is 18.6 Å². The normalized spacial score (nSPS) is 23.4. The molecule has 4 atom stereocenters. The van der Waals surface area contributed by atoms with Gasteiger partial charge < -0.3 is 31.3 Å². The Morgan fingerprint density at radius 1 is 0.939 bits per heavy atom. The van der Waals surface area contributed by atoms with Gasteiger partial charge >= 0.3 is 0 Å². The highest BCUT2D eigenvalue weighted by atomic mass is 32.2. The molecule has 1 fully saturated rings. The highest BCUT2D eigenvalue weighted by Crippen LogP contribution is 2.36. The fourth-order valence-corrected chi connectivity index (χ4v) is 6.12. The summed E-state index contributed by atoms with van der Waals surface area (Å²) in [6.07, 6.45) is 2.28. The predicted molar refractivity (Wildman–Crippen MR) is 183 cm³/mol. The van der Waals surface area contributed by atoms with Gasteiger partial charge in [0.15, 0.2) is 0 Å². The summed E-state index contributed by atoms with van der Waals surface area (Å²) in [4.78, 5) is 66.8.